The Morgan fingerprint density at radius 2 is 2.10 bits per heavy atom. The monoisotopic (exact) mass is 300 g/mol. The minimum absolute atomic E-state index is 0.129. The van der Waals surface area contributed by atoms with Crippen molar-refractivity contribution in [3.8, 4) is 5.75 Å². The number of fused-ring (bicyclic) bond motifs is 1. The van der Waals surface area contributed by atoms with Crippen LogP contribution in [-0.2, 0) is 0 Å². The first-order valence-electron chi connectivity index (χ1n) is 7.07. The summed E-state index contributed by atoms with van der Waals surface area (Å²) in [5.41, 5.74) is 3.71. The van der Waals surface area contributed by atoms with Gasteiger partial charge in [0.15, 0.2) is 11.9 Å². The molecule has 108 valence electrons. The Morgan fingerprint density at radius 3 is 2.90 bits per heavy atom. The second-order valence-electron chi connectivity index (χ2n) is 5.32. The number of hydrogen-bond acceptors (Lipinski definition) is 6. The summed E-state index contributed by atoms with van der Waals surface area (Å²) in [6.07, 6.45) is 2.27. The standard InChI is InChI=1S/C15H16N4OS/c16-19-14-7-10(9-5-6-9)17-15(18-14)12-8-21-13-4-2-1-3-11(13)20-12/h1-4,7,9,12H,5-6,8,16H2,(H,17,18,19). The minimum atomic E-state index is -0.129. The fourth-order valence-electron chi connectivity index (χ4n) is 2.44. The number of nitrogens with two attached hydrogens (primary N) is 1. The molecule has 1 aromatic heterocycles. The molecule has 1 fully saturated rings. The largest absolute Gasteiger partial charge is 0.480 e. The summed E-state index contributed by atoms with van der Waals surface area (Å²) >= 11 is 1.78. The average Bonchev–Trinajstić information content (AvgIpc) is 3.39. The third kappa shape index (κ3) is 2.56. The SMILES string of the molecule is NNc1cc(C2CC2)nc(C2CSc3ccccc3O2)n1. The molecule has 1 atom stereocenters. The lowest BCUT2D eigenvalue weighted by molar-refractivity contribution is 0.210. The van der Waals surface area contributed by atoms with Crippen molar-refractivity contribution in [2.24, 2.45) is 5.84 Å². The van der Waals surface area contributed by atoms with Gasteiger partial charge in [0.1, 0.15) is 11.6 Å². The summed E-state index contributed by atoms with van der Waals surface area (Å²) in [7, 11) is 0. The molecule has 0 bridgehead atoms. The van der Waals surface area contributed by atoms with E-state index in [4.69, 9.17) is 15.6 Å². The lowest BCUT2D eigenvalue weighted by atomic mass is 10.2. The average molecular weight is 300 g/mol. The molecule has 0 saturated heterocycles. The molecule has 2 heterocycles. The zero-order valence-corrected chi connectivity index (χ0v) is 12.3. The highest BCUT2D eigenvalue weighted by molar-refractivity contribution is 7.99. The van der Waals surface area contributed by atoms with E-state index in [0.717, 1.165) is 17.2 Å². The van der Waals surface area contributed by atoms with E-state index >= 15 is 0 Å². The van der Waals surface area contributed by atoms with Crippen LogP contribution in [0.3, 0.4) is 0 Å². The van der Waals surface area contributed by atoms with Gasteiger partial charge >= 0.3 is 0 Å². The molecule has 0 radical (unpaired) electrons. The summed E-state index contributed by atoms with van der Waals surface area (Å²) in [5.74, 6) is 9.18. The Hall–Kier alpha value is -1.79. The number of nitrogen functional groups attached to an aromatic ring is 1. The highest BCUT2D eigenvalue weighted by Gasteiger charge is 2.29. The van der Waals surface area contributed by atoms with Crippen molar-refractivity contribution in [3.63, 3.8) is 0 Å². The number of anilines is 1. The second kappa shape index (κ2) is 5.20. The first kappa shape index (κ1) is 12.9. The summed E-state index contributed by atoms with van der Waals surface area (Å²) in [6, 6.07) is 10.0. The summed E-state index contributed by atoms with van der Waals surface area (Å²) < 4.78 is 6.06. The lowest BCUT2D eigenvalue weighted by Gasteiger charge is -2.25. The van der Waals surface area contributed by atoms with Crippen LogP contribution < -0.4 is 16.0 Å². The predicted molar refractivity (Wildman–Crippen MR) is 82.4 cm³/mol. The van der Waals surface area contributed by atoms with E-state index in [0.29, 0.717) is 17.6 Å². The molecule has 1 unspecified atom stereocenters. The fourth-order valence-corrected chi connectivity index (χ4v) is 3.42. The summed E-state index contributed by atoms with van der Waals surface area (Å²) in [5, 5.41) is 0. The van der Waals surface area contributed by atoms with Crippen LogP contribution in [0.15, 0.2) is 35.2 Å². The van der Waals surface area contributed by atoms with Crippen molar-refractivity contribution < 1.29 is 4.74 Å². The topological polar surface area (TPSA) is 73.1 Å². The number of benzene rings is 1. The Morgan fingerprint density at radius 1 is 1.24 bits per heavy atom. The maximum atomic E-state index is 6.06. The van der Waals surface area contributed by atoms with Gasteiger partial charge in [-0.25, -0.2) is 15.8 Å². The maximum absolute atomic E-state index is 6.06. The second-order valence-corrected chi connectivity index (χ2v) is 6.38. The van der Waals surface area contributed by atoms with Gasteiger partial charge in [-0.05, 0) is 25.0 Å². The summed E-state index contributed by atoms with van der Waals surface area (Å²) in [4.78, 5) is 10.3. The molecular weight excluding hydrogens is 284 g/mol. The zero-order chi connectivity index (χ0) is 14.2. The van der Waals surface area contributed by atoms with E-state index in [1.165, 1.54) is 17.7 Å². The van der Waals surface area contributed by atoms with Crippen LogP contribution in [0.5, 0.6) is 5.75 Å². The van der Waals surface area contributed by atoms with Crippen LogP contribution >= 0.6 is 11.8 Å². The molecule has 0 amide bonds. The van der Waals surface area contributed by atoms with Gasteiger partial charge in [0.05, 0.1) is 0 Å². The quantitative estimate of drug-likeness (QED) is 0.671. The molecule has 1 aromatic carbocycles. The Balaban J connectivity index is 1.66. The predicted octanol–water partition coefficient (Wildman–Crippen LogP) is 2.87. The first-order chi connectivity index (χ1) is 10.3. The number of para-hydroxylation sites is 1. The molecule has 1 aliphatic heterocycles. The van der Waals surface area contributed by atoms with Crippen molar-refractivity contribution in [3.05, 3.63) is 41.9 Å². The summed E-state index contributed by atoms with van der Waals surface area (Å²) in [6.45, 7) is 0. The van der Waals surface area contributed by atoms with Crippen LogP contribution in [0.4, 0.5) is 5.82 Å². The van der Waals surface area contributed by atoms with Crippen LogP contribution in [0.1, 0.15) is 36.4 Å². The van der Waals surface area contributed by atoms with Gasteiger partial charge in [-0.1, -0.05) is 12.1 Å². The van der Waals surface area contributed by atoms with Gasteiger partial charge in [-0.2, -0.15) is 0 Å². The molecule has 6 heteroatoms. The highest BCUT2D eigenvalue weighted by atomic mass is 32.2. The zero-order valence-electron chi connectivity index (χ0n) is 11.5. The number of rotatable bonds is 3. The number of hydrogen-bond donors (Lipinski definition) is 2. The molecule has 2 aromatic rings. The van der Waals surface area contributed by atoms with Crippen LogP contribution in [0.25, 0.3) is 0 Å². The van der Waals surface area contributed by atoms with Crippen LogP contribution in [0, 0.1) is 0 Å². The molecule has 0 spiro atoms. The molecule has 5 nitrogen and oxygen atoms in total. The van der Waals surface area contributed by atoms with Gasteiger partial charge in [-0.15, -0.1) is 11.8 Å². The van der Waals surface area contributed by atoms with Gasteiger partial charge in [0.2, 0.25) is 0 Å². The van der Waals surface area contributed by atoms with Crippen molar-refractivity contribution in [2.75, 3.05) is 11.2 Å². The molecule has 4 rings (SSSR count). The number of nitrogens with one attached hydrogen (secondary N) is 1. The lowest BCUT2D eigenvalue weighted by Crippen LogP contribution is -2.20. The molecule has 1 saturated carbocycles. The van der Waals surface area contributed by atoms with E-state index in [1.807, 2.05) is 24.3 Å². The normalized spacial score (nSPS) is 20.5. The van der Waals surface area contributed by atoms with Gasteiger partial charge < -0.3 is 10.2 Å². The van der Waals surface area contributed by atoms with Crippen LogP contribution in [-0.4, -0.2) is 15.7 Å². The number of hydrazine groups is 1. The minimum Gasteiger partial charge on any atom is -0.480 e. The van der Waals surface area contributed by atoms with Gasteiger partial charge in [-0.3, -0.25) is 0 Å². The Labute approximate surface area is 127 Å². The Bertz CT molecular complexity index is 674. The van der Waals surface area contributed by atoms with E-state index in [1.54, 1.807) is 11.8 Å². The molecular formula is C15H16N4OS. The van der Waals surface area contributed by atoms with Crippen molar-refractivity contribution >= 4 is 17.6 Å². The molecule has 21 heavy (non-hydrogen) atoms. The fraction of sp³-hybridized carbons (Fsp3) is 0.333. The van der Waals surface area contributed by atoms with E-state index in [-0.39, 0.29) is 6.10 Å². The van der Waals surface area contributed by atoms with Crippen molar-refractivity contribution in [2.45, 2.75) is 29.8 Å². The highest BCUT2D eigenvalue weighted by Crippen LogP contribution is 2.42. The number of nitrogens with zero attached hydrogens (tertiary/aromatic N) is 2. The number of thioether (sulfide) groups is 1. The van der Waals surface area contributed by atoms with Gasteiger partial charge in [0, 0.05) is 28.3 Å². The number of aromatic nitrogens is 2. The van der Waals surface area contributed by atoms with E-state index < -0.39 is 0 Å². The van der Waals surface area contributed by atoms with Gasteiger partial charge in [0.25, 0.3) is 0 Å². The molecule has 1 aliphatic carbocycles. The van der Waals surface area contributed by atoms with E-state index in [2.05, 4.69) is 16.5 Å². The van der Waals surface area contributed by atoms with Crippen molar-refractivity contribution in [1.82, 2.24) is 9.97 Å². The maximum Gasteiger partial charge on any atom is 0.172 e. The van der Waals surface area contributed by atoms with E-state index in [9.17, 15) is 0 Å². The Kier molecular flexibility index (Phi) is 3.20. The third-order valence-electron chi connectivity index (χ3n) is 3.70. The first-order valence-corrected chi connectivity index (χ1v) is 8.06. The molecule has 3 N–H and O–H groups in total. The van der Waals surface area contributed by atoms with Crippen LogP contribution in [0.2, 0.25) is 0 Å². The van der Waals surface area contributed by atoms with Crippen molar-refractivity contribution in [1.29, 1.82) is 0 Å². The molecule has 2 aliphatic rings. The smallest absolute Gasteiger partial charge is 0.172 e. The third-order valence-corrected chi connectivity index (χ3v) is 4.82. The number of ether oxygens (including phenoxy) is 1.